The number of rotatable bonds is 7. The van der Waals surface area contributed by atoms with Gasteiger partial charge in [0.1, 0.15) is 11.6 Å². The molecule has 0 aliphatic rings. The summed E-state index contributed by atoms with van der Waals surface area (Å²) in [5.74, 6) is -0.501. The van der Waals surface area contributed by atoms with Crippen molar-refractivity contribution in [3.63, 3.8) is 0 Å². The Kier molecular flexibility index (Phi) is 6.77. The molecule has 8 heteroatoms. The minimum absolute atomic E-state index is 0.158. The first kappa shape index (κ1) is 20.7. The molecule has 0 saturated carbocycles. The highest BCUT2D eigenvalue weighted by Gasteiger charge is 2.12. The summed E-state index contributed by atoms with van der Waals surface area (Å²) < 4.78 is 26.4. The molecule has 0 aliphatic heterocycles. The summed E-state index contributed by atoms with van der Waals surface area (Å²) >= 11 is 1.32. The van der Waals surface area contributed by atoms with Crippen molar-refractivity contribution in [3.8, 4) is 5.75 Å². The molecule has 29 heavy (non-hydrogen) atoms. The normalized spacial score (nSPS) is 11.6. The maximum atomic E-state index is 13.1. The Balaban J connectivity index is 2.02. The molecule has 0 fully saturated rings. The number of aryl methyl sites for hydroxylation is 1. The second-order valence-electron chi connectivity index (χ2n) is 6.08. The first-order valence-corrected chi connectivity index (χ1v) is 10.1. The number of hydrogen-bond acceptors (Lipinski definition) is 5. The number of amides is 1. The standard InChI is InChI=1S/C21H21FN2O4S/c1-3-27-16-9-10-17-18(13-16)29-21(24(17)12-11-19(25)28-4-2)23-20(26)14-5-7-15(22)8-6-14/h5-10,13H,3-4,11-12H2,1-2H3. The highest BCUT2D eigenvalue weighted by molar-refractivity contribution is 7.16. The summed E-state index contributed by atoms with van der Waals surface area (Å²) in [5.41, 5.74) is 1.13. The fraction of sp³-hybridized carbons (Fsp3) is 0.286. The second kappa shape index (κ2) is 9.47. The van der Waals surface area contributed by atoms with Crippen molar-refractivity contribution in [2.24, 2.45) is 4.99 Å². The first-order valence-electron chi connectivity index (χ1n) is 9.28. The molecule has 1 amide bonds. The van der Waals surface area contributed by atoms with Gasteiger partial charge in [-0.05, 0) is 56.3 Å². The van der Waals surface area contributed by atoms with Gasteiger partial charge in [-0.15, -0.1) is 0 Å². The van der Waals surface area contributed by atoms with Crippen LogP contribution in [-0.4, -0.2) is 29.7 Å². The van der Waals surface area contributed by atoms with Gasteiger partial charge in [-0.1, -0.05) is 11.3 Å². The van der Waals surface area contributed by atoms with Gasteiger partial charge in [0, 0.05) is 12.1 Å². The topological polar surface area (TPSA) is 69.9 Å². The Morgan fingerprint density at radius 3 is 2.55 bits per heavy atom. The summed E-state index contributed by atoms with van der Waals surface area (Å²) in [4.78, 5) is 29.0. The minimum Gasteiger partial charge on any atom is -0.494 e. The highest BCUT2D eigenvalue weighted by atomic mass is 32.1. The molecule has 0 N–H and O–H groups in total. The molecule has 0 unspecified atom stereocenters. The van der Waals surface area contributed by atoms with Crippen molar-refractivity contribution in [2.75, 3.05) is 13.2 Å². The maximum absolute atomic E-state index is 13.1. The van der Waals surface area contributed by atoms with Crippen LogP contribution in [0, 0.1) is 5.82 Å². The third-order valence-electron chi connectivity index (χ3n) is 4.10. The van der Waals surface area contributed by atoms with E-state index in [1.165, 1.54) is 35.6 Å². The van der Waals surface area contributed by atoms with E-state index in [0.717, 1.165) is 16.0 Å². The van der Waals surface area contributed by atoms with E-state index in [1.54, 1.807) is 6.92 Å². The van der Waals surface area contributed by atoms with Crippen molar-refractivity contribution in [3.05, 3.63) is 58.6 Å². The van der Waals surface area contributed by atoms with Crippen molar-refractivity contribution < 1.29 is 23.5 Å². The third-order valence-corrected chi connectivity index (χ3v) is 5.14. The largest absolute Gasteiger partial charge is 0.494 e. The van der Waals surface area contributed by atoms with E-state index >= 15 is 0 Å². The molecule has 0 radical (unpaired) electrons. The van der Waals surface area contributed by atoms with E-state index in [1.807, 2.05) is 29.7 Å². The van der Waals surface area contributed by atoms with Gasteiger partial charge < -0.3 is 14.0 Å². The lowest BCUT2D eigenvalue weighted by atomic mass is 10.2. The van der Waals surface area contributed by atoms with Gasteiger partial charge in [-0.25, -0.2) is 4.39 Å². The maximum Gasteiger partial charge on any atom is 0.307 e. The van der Waals surface area contributed by atoms with Gasteiger partial charge in [0.2, 0.25) is 0 Å². The molecular weight excluding hydrogens is 395 g/mol. The Hall–Kier alpha value is -3.00. The van der Waals surface area contributed by atoms with E-state index in [-0.39, 0.29) is 18.0 Å². The van der Waals surface area contributed by atoms with Crippen LogP contribution in [-0.2, 0) is 16.1 Å². The summed E-state index contributed by atoms with van der Waals surface area (Å²) in [6.45, 7) is 4.83. The van der Waals surface area contributed by atoms with Gasteiger partial charge in [0.15, 0.2) is 4.80 Å². The third kappa shape index (κ3) is 5.08. The molecule has 3 aromatic rings. The Morgan fingerprint density at radius 2 is 1.86 bits per heavy atom. The number of benzene rings is 2. The van der Waals surface area contributed by atoms with Crippen molar-refractivity contribution in [2.45, 2.75) is 26.8 Å². The molecule has 1 aromatic heterocycles. The number of aromatic nitrogens is 1. The molecule has 0 atom stereocenters. The zero-order chi connectivity index (χ0) is 20.8. The molecule has 6 nitrogen and oxygen atoms in total. The summed E-state index contributed by atoms with van der Waals surface area (Å²) in [6.07, 6.45) is 0.158. The van der Waals surface area contributed by atoms with E-state index < -0.39 is 11.7 Å². The van der Waals surface area contributed by atoms with Crippen LogP contribution >= 0.6 is 11.3 Å². The number of hydrogen-bond donors (Lipinski definition) is 0. The van der Waals surface area contributed by atoms with Gasteiger partial charge in [0.05, 0.1) is 29.9 Å². The van der Waals surface area contributed by atoms with Gasteiger partial charge >= 0.3 is 5.97 Å². The zero-order valence-corrected chi connectivity index (χ0v) is 17.0. The molecule has 0 spiro atoms. The van der Waals surface area contributed by atoms with Crippen LogP contribution in [0.25, 0.3) is 10.2 Å². The van der Waals surface area contributed by atoms with Gasteiger partial charge in [-0.3, -0.25) is 9.59 Å². The van der Waals surface area contributed by atoms with Crippen molar-refractivity contribution >= 4 is 33.4 Å². The first-order chi connectivity index (χ1) is 14.0. The van der Waals surface area contributed by atoms with Crippen molar-refractivity contribution in [1.82, 2.24) is 4.57 Å². The minimum atomic E-state index is -0.480. The van der Waals surface area contributed by atoms with E-state index in [4.69, 9.17) is 9.47 Å². The zero-order valence-electron chi connectivity index (χ0n) is 16.2. The fourth-order valence-corrected chi connectivity index (χ4v) is 3.87. The number of thiazole rings is 1. The fourth-order valence-electron chi connectivity index (χ4n) is 2.79. The summed E-state index contributed by atoms with van der Waals surface area (Å²) in [5, 5.41) is 0. The van der Waals surface area contributed by atoms with Crippen LogP contribution in [0.4, 0.5) is 4.39 Å². The number of halogens is 1. The van der Waals surface area contributed by atoms with Crippen LogP contribution in [0.5, 0.6) is 5.75 Å². The molecule has 2 aromatic carbocycles. The lowest BCUT2D eigenvalue weighted by Gasteiger charge is -2.06. The van der Waals surface area contributed by atoms with Crippen LogP contribution < -0.4 is 9.54 Å². The summed E-state index contributed by atoms with van der Waals surface area (Å²) in [7, 11) is 0. The number of carbonyl (C=O) groups excluding carboxylic acids is 2. The highest BCUT2D eigenvalue weighted by Crippen LogP contribution is 2.24. The predicted molar refractivity (Wildman–Crippen MR) is 109 cm³/mol. The number of ether oxygens (including phenoxy) is 2. The second-order valence-corrected chi connectivity index (χ2v) is 7.09. The summed E-state index contributed by atoms with van der Waals surface area (Å²) in [6, 6.07) is 10.8. The average Bonchev–Trinajstić information content (AvgIpc) is 3.03. The van der Waals surface area contributed by atoms with Gasteiger partial charge in [-0.2, -0.15) is 4.99 Å². The predicted octanol–water partition coefficient (Wildman–Crippen LogP) is 3.93. The number of fused-ring (bicyclic) bond motifs is 1. The van der Waals surface area contributed by atoms with Crippen LogP contribution in [0.1, 0.15) is 30.6 Å². The Labute approximate surface area is 171 Å². The SMILES string of the molecule is CCOC(=O)CCn1c(=NC(=O)c2ccc(F)cc2)sc2cc(OCC)ccc21. The van der Waals surface area contributed by atoms with Crippen LogP contribution in [0.15, 0.2) is 47.5 Å². The number of esters is 1. The van der Waals surface area contributed by atoms with Crippen LogP contribution in [0.3, 0.4) is 0 Å². The molecule has 0 saturated heterocycles. The number of nitrogens with zero attached hydrogens (tertiary/aromatic N) is 2. The molecule has 152 valence electrons. The lowest BCUT2D eigenvalue weighted by molar-refractivity contribution is -0.143. The van der Waals surface area contributed by atoms with Crippen LogP contribution in [0.2, 0.25) is 0 Å². The van der Waals surface area contributed by atoms with E-state index in [0.29, 0.717) is 24.6 Å². The Morgan fingerprint density at radius 1 is 1.10 bits per heavy atom. The van der Waals surface area contributed by atoms with Gasteiger partial charge in [0.25, 0.3) is 5.91 Å². The molecule has 1 heterocycles. The molecule has 0 aliphatic carbocycles. The smallest absolute Gasteiger partial charge is 0.307 e. The average molecular weight is 416 g/mol. The monoisotopic (exact) mass is 416 g/mol. The van der Waals surface area contributed by atoms with Crippen molar-refractivity contribution in [1.29, 1.82) is 0 Å². The molecular formula is C21H21FN2O4S. The molecule has 3 rings (SSSR count). The molecule has 0 bridgehead atoms. The number of carbonyl (C=O) groups is 2. The quantitative estimate of drug-likeness (QED) is 0.547. The lowest BCUT2D eigenvalue weighted by Crippen LogP contribution is -2.19. The van der Waals surface area contributed by atoms with E-state index in [2.05, 4.69) is 4.99 Å². The van der Waals surface area contributed by atoms with E-state index in [9.17, 15) is 14.0 Å². The Bertz CT molecular complexity index is 1090.